The van der Waals surface area contributed by atoms with E-state index in [2.05, 4.69) is 5.32 Å². The van der Waals surface area contributed by atoms with Crippen molar-refractivity contribution in [1.29, 1.82) is 0 Å². The van der Waals surface area contributed by atoms with Crippen LogP contribution in [0, 0.1) is 5.82 Å². The number of amides is 1. The van der Waals surface area contributed by atoms with Gasteiger partial charge in [-0.2, -0.15) is 0 Å². The Morgan fingerprint density at radius 1 is 1.08 bits per heavy atom. The topological polar surface area (TPSA) is 35.6 Å². The lowest BCUT2D eigenvalue weighted by atomic mass is 10.1. The molecule has 1 amide bonds. The Labute approximate surface area is 145 Å². The van der Waals surface area contributed by atoms with Gasteiger partial charge in [-0.1, -0.05) is 12.1 Å². The lowest BCUT2D eigenvalue weighted by Gasteiger charge is -2.13. The van der Waals surface area contributed by atoms with Gasteiger partial charge >= 0.3 is 0 Å². The van der Waals surface area contributed by atoms with E-state index in [1.54, 1.807) is 6.08 Å². The minimum Gasteiger partial charge on any atom is -0.378 e. The van der Waals surface area contributed by atoms with Crippen molar-refractivity contribution in [2.45, 2.75) is 0 Å². The normalized spacial score (nSPS) is 15.8. The van der Waals surface area contributed by atoms with Crippen LogP contribution in [0.2, 0.25) is 0 Å². The molecule has 1 N–H and O–H groups in total. The van der Waals surface area contributed by atoms with Gasteiger partial charge in [-0.05, 0) is 60.3 Å². The molecule has 0 aromatic heterocycles. The summed E-state index contributed by atoms with van der Waals surface area (Å²) in [5.41, 5.74) is 2.89. The number of carbonyl (C=O) groups excluding carboxylic acids is 1. The smallest absolute Gasteiger partial charge is 0.281 e. The molecule has 24 heavy (non-hydrogen) atoms. The van der Waals surface area contributed by atoms with Crippen molar-refractivity contribution in [1.82, 2.24) is 5.32 Å². The maximum atomic E-state index is 13.1. The maximum Gasteiger partial charge on any atom is 0.281 e. The molecule has 6 heteroatoms. The Bertz CT molecular complexity index is 813. The van der Waals surface area contributed by atoms with E-state index in [0.29, 0.717) is 11.4 Å². The van der Waals surface area contributed by atoms with Crippen LogP contribution < -0.4 is 15.1 Å². The van der Waals surface area contributed by atoms with Crippen LogP contribution in [-0.4, -0.2) is 25.1 Å². The van der Waals surface area contributed by atoms with Gasteiger partial charge in [0.1, 0.15) is 11.5 Å². The third-order valence-corrected chi connectivity index (χ3v) is 3.97. The summed E-state index contributed by atoms with van der Waals surface area (Å²) in [5, 5.41) is 3.20. The van der Waals surface area contributed by atoms with Gasteiger partial charge in [-0.3, -0.25) is 9.69 Å². The van der Waals surface area contributed by atoms with Crippen LogP contribution in [0.25, 0.3) is 6.08 Å². The predicted molar refractivity (Wildman–Crippen MR) is 98.4 cm³/mol. The molecule has 122 valence electrons. The van der Waals surface area contributed by atoms with Crippen molar-refractivity contribution in [3.63, 3.8) is 0 Å². The molecule has 0 unspecified atom stereocenters. The van der Waals surface area contributed by atoms with Crippen molar-refractivity contribution in [2.24, 2.45) is 0 Å². The number of nitrogens with one attached hydrogen (secondary N) is 1. The summed E-state index contributed by atoms with van der Waals surface area (Å²) in [5.74, 6) is -0.621. The predicted octanol–water partition coefficient (Wildman–Crippen LogP) is 3.15. The van der Waals surface area contributed by atoms with Crippen LogP contribution in [0.15, 0.2) is 54.2 Å². The number of hydrogen-bond donors (Lipinski definition) is 1. The molecule has 1 saturated heterocycles. The Morgan fingerprint density at radius 2 is 1.71 bits per heavy atom. The highest BCUT2D eigenvalue weighted by atomic mass is 32.1. The summed E-state index contributed by atoms with van der Waals surface area (Å²) in [7, 11) is 3.93. The lowest BCUT2D eigenvalue weighted by molar-refractivity contribution is -0.113. The van der Waals surface area contributed by atoms with Gasteiger partial charge in [0.25, 0.3) is 5.91 Å². The van der Waals surface area contributed by atoms with Gasteiger partial charge in [0.2, 0.25) is 0 Å². The molecule has 2 aromatic rings. The Morgan fingerprint density at radius 3 is 2.29 bits per heavy atom. The highest BCUT2D eigenvalue weighted by Gasteiger charge is 2.31. The zero-order valence-electron chi connectivity index (χ0n) is 13.3. The minimum absolute atomic E-state index is 0.261. The van der Waals surface area contributed by atoms with E-state index < -0.39 is 0 Å². The SMILES string of the molecule is CN(C)c1ccc(/C=C2/NC(=S)N(c3ccc(F)cc3)C2=O)cc1. The van der Waals surface area contributed by atoms with Crippen molar-refractivity contribution in [2.75, 3.05) is 23.9 Å². The lowest BCUT2D eigenvalue weighted by Crippen LogP contribution is -2.30. The largest absolute Gasteiger partial charge is 0.378 e. The Kier molecular flexibility index (Phi) is 4.31. The van der Waals surface area contributed by atoms with Crippen molar-refractivity contribution >= 4 is 40.7 Å². The molecule has 4 nitrogen and oxygen atoms in total. The second-order valence-corrected chi connectivity index (χ2v) is 5.98. The van der Waals surface area contributed by atoms with Crippen LogP contribution in [0.3, 0.4) is 0 Å². The van der Waals surface area contributed by atoms with E-state index in [1.165, 1.54) is 29.2 Å². The molecule has 0 atom stereocenters. The molecule has 1 fully saturated rings. The summed E-state index contributed by atoms with van der Waals surface area (Å²) in [6.07, 6.45) is 1.75. The average molecular weight is 341 g/mol. The minimum atomic E-state index is -0.360. The molecule has 3 rings (SSSR count). The Balaban J connectivity index is 1.86. The number of carbonyl (C=O) groups is 1. The zero-order chi connectivity index (χ0) is 17.3. The quantitative estimate of drug-likeness (QED) is 0.687. The average Bonchev–Trinajstić information content (AvgIpc) is 2.83. The Hall–Kier alpha value is -2.73. The van der Waals surface area contributed by atoms with Crippen LogP contribution in [0.5, 0.6) is 0 Å². The fourth-order valence-electron chi connectivity index (χ4n) is 2.40. The van der Waals surface area contributed by atoms with E-state index in [1.807, 2.05) is 43.3 Å². The fourth-order valence-corrected chi connectivity index (χ4v) is 2.69. The molecule has 0 radical (unpaired) electrons. The first-order valence-electron chi connectivity index (χ1n) is 7.36. The van der Waals surface area contributed by atoms with Crippen LogP contribution in [0.1, 0.15) is 5.56 Å². The first kappa shape index (κ1) is 16.1. The van der Waals surface area contributed by atoms with Gasteiger partial charge in [0, 0.05) is 19.8 Å². The second kappa shape index (κ2) is 6.41. The highest BCUT2D eigenvalue weighted by Crippen LogP contribution is 2.23. The van der Waals surface area contributed by atoms with Gasteiger partial charge in [-0.25, -0.2) is 4.39 Å². The molecule has 1 aliphatic rings. The molecular formula is C18H16FN3OS. The van der Waals surface area contributed by atoms with Crippen molar-refractivity contribution < 1.29 is 9.18 Å². The monoisotopic (exact) mass is 341 g/mol. The highest BCUT2D eigenvalue weighted by molar-refractivity contribution is 7.80. The summed E-state index contributed by atoms with van der Waals surface area (Å²) < 4.78 is 13.1. The van der Waals surface area contributed by atoms with Crippen LogP contribution in [-0.2, 0) is 4.79 Å². The number of thiocarbonyl (C=S) groups is 1. The second-order valence-electron chi connectivity index (χ2n) is 5.59. The summed E-state index contributed by atoms with van der Waals surface area (Å²) >= 11 is 5.23. The molecule has 1 heterocycles. The number of benzene rings is 2. The van der Waals surface area contributed by atoms with E-state index in [0.717, 1.165) is 11.3 Å². The molecule has 0 saturated carbocycles. The van der Waals surface area contributed by atoms with Gasteiger partial charge in [-0.15, -0.1) is 0 Å². The molecular weight excluding hydrogens is 325 g/mol. The third kappa shape index (κ3) is 3.14. The van der Waals surface area contributed by atoms with E-state index in [4.69, 9.17) is 12.2 Å². The fraction of sp³-hybridized carbons (Fsp3) is 0.111. The van der Waals surface area contributed by atoms with Crippen LogP contribution in [0.4, 0.5) is 15.8 Å². The zero-order valence-corrected chi connectivity index (χ0v) is 14.1. The van der Waals surface area contributed by atoms with E-state index >= 15 is 0 Å². The third-order valence-electron chi connectivity index (χ3n) is 3.68. The standard InChI is InChI=1S/C18H16FN3OS/c1-21(2)14-7-3-12(4-8-14)11-16-17(23)22(18(24)20-16)15-9-5-13(19)6-10-15/h3-11H,1-2H3,(H,20,24)/b16-11+. The number of hydrogen-bond acceptors (Lipinski definition) is 3. The number of nitrogens with zero attached hydrogens (tertiary/aromatic N) is 2. The molecule has 1 aliphatic heterocycles. The molecule has 2 aromatic carbocycles. The molecule has 0 aliphatic carbocycles. The summed E-state index contributed by atoms with van der Waals surface area (Å²) in [4.78, 5) is 15.9. The van der Waals surface area contributed by atoms with Crippen molar-refractivity contribution in [3.05, 3.63) is 65.6 Å². The maximum absolute atomic E-state index is 13.1. The van der Waals surface area contributed by atoms with E-state index in [-0.39, 0.29) is 16.8 Å². The number of halogens is 1. The van der Waals surface area contributed by atoms with Gasteiger partial charge < -0.3 is 10.2 Å². The summed E-state index contributed by atoms with van der Waals surface area (Å²) in [6.45, 7) is 0. The first-order chi connectivity index (χ1) is 11.5. The van der Waals surface area contributed by atoms with E-state index in [9.17, 15) is 9.18 Å². The molecule has 0 spiro atoms. The van der Waals surface area contributed by atoms with Crippen molar-refractivity contribution in [3.8, 4) is 0 Å². The molecule has 0 bridgehead atoms. The van der Waals surface area contributed by atoms with Gasteiger partial charge in [0.05, 0.1) is 5.69 Å². The van der Waals surface area contributed by atoms with Gasteiger partial charge in [0.15, 0.2) is 5.11 Å². The first-order valence-corrected chi connectivity index (χ1v) is 7.76. The number of anilines is 2. The summed E-state index contributed by atoms with van der Waals surface area (Å²) in [6, 6.07) is 13.5. The number of rotatable bonds is 3. The van der Waals surface area contributed by atoms with Crippen LogP contribution >= 0.6 is 12.2 Å².